The molecule has 3 aromatic rings. The van der Waals surface area contributed by atoms with Gasteiger partial charge in [-0.3, -0.25) is 9.48 Å². The van der Waals surface area contributed by atoms with Crippen molar-refractivity contribution in [3.8, 4) is 11.3 Å². The topological polar surface area (TPSA) is 115 Å². The van der Waals surface area contributed by atoms with Crippen molar-refractivity contribution >= 4 is 41.0 Å². The first kappa shape index (κ1) is 16.3. The van der Waals surface area contributed by atoms with Gasteiger partial charge in [-0.25, -0.2) is 5.10 Å². The Balaban J connectivity index is 1.64. The predicted molar refractivity (Wildman–Crippen MR) is 93.8 cm³/mol. The molecule has 0 aliphatic heterocycles. The number of carbonyl (C=O) groups is 1. The van der Waals surface area contributed by atoms with Crippen LogP contribution in [0.25, 0.3) is 11.3 Å². The zero-order chi connectivity index (χ0) is 17.1. The second-order valence-corrected chi connectivity index (χ2v) is 6.26. The van der Waals surface area contributed by atoms with Gasteiger partial charge in [0.2, 0.25) is 17.0 Å². The Morgan fingerprint density at radius 1 is 1.42 bits per heavy atom. The molecule has 0 saturated carbocycles. The minimum Gasteiger partial charge on any atom is -0.368 e. The van der Waals surface area contributed by atoms with Crippen molar-refractivity contribution in [3.05, 3.63) is 35.4 Å². The molecule has 2 heterocycles. The fourth-order valence-corrected chi connectivity index (χ4v) is 2.71. The Morgan fingerprint density at radius 2 is 2.17 bits per heavy atom. The molecule has 0 radical (unpaired) electrons. The molecule has 1 aromatic carbocycles. The lowest BCUT2D eigenvalue weighted by molar-refractivity contribution is -0.113. The summed E-state index contributed by atoms with van der Waals surface area (Å²) < 4.78 is 1.61. The van der Waals surface area contributed by atoms with Gasteiger partial charge >= 0.3 is 0 Å². The number of hydrogen-bond donors (Lipinski definition) is 3. The number of halogens is 1. The van der Waals surface area contributed by atoms with Gasteiger partial charge in [-0.2, -0.15) is 10.1 Å². The van der Waals surface area contributed by atoms with E-state index in [1.54, 1.807) is 29.9 Å². The number of nitrogens with one attached hydrogen (secondary N) is 2. The minimum atomic E-state index is -0.186. The quantitative estimate of drug-likeness (QED) is 0.598. The van der Waals surface area contributed by atoms with Gasteiger partial charge in [0.1, 0.15) is 5.82 Å². The number of benzene rings is 1. The van der Waals surface area contributed by atoms with Crippen LogP contribution in [0.4, 0.5) is 11.8 Å². The molecule has 24 heavy (non-hydrogen) atoms. The van der Waals surface area contributed by atoms with E-state index < -0.39 is 0 Å². The third kappa shape index (κ3) is 3.87. The Kier molecular flexibility index (Phi) is 4.72. The Morgan fingerprint density at radius 3 is 2.83 bits per heavy atom. The molecule has 2 aromatic heterocycles. The number of nitrogen functional groups attached to an aromatic ring is 1. The van der Waals surface area contributed by atoms with E-state index in [1.165, 1.54) is 11.8 Å². The smallest absolute Gasteiger partial charge is 0.235 e. The normalized spacial score (nSPS) is 10.8. The Hall–Kier alpha value is -2.52. The lowest BCUT2D eigenvalue weighted by Crippen LogP contribution is -2.16. The van der Waals surface area contributed by atoms with Crippen LogP contribution in [0.5, 0.6) is 0 Å². The van der Waals surface area contributed by atoms with Gasteiger partial charge in [-0.1, -0.05) is 35.5 Å². The summed E-state index contributed by atoms with van der Waals surface area (Å²) in [5.74, 6) is 0.796. The van der Waals surface area contributed by atoms with Gasteiger partial charge in [0.15, 0.2) is 0 Å². The minimum absolute atomic E-state index is 0.165. The van der Waals surface area contributed by atoms with Crippen molar-refractivity contribution in [1.82, 2.24) is 25.0 Å². The van der Waals surface area contributed by atoms with E-state index in [2.05, 4.69) is 25.6 Å². The summed E-state index contributed by atoms with van der Waals surface area (Å²) in [7, 11) is 1.76. The zero-order valence-electron chi connectivity index (χ0n) is 12.7. The van der Waals surface area contributed by atoms with E-state index in [-0.39, 0.29) is 17.6 Å². The number of aromatic nitrogens is 5. The average Bonchev–Trinajstić information content (AvgIpc) is 3.12. The van der Waals surface area contributed by atoms with E-state index >= 15 is 0 Å². The standard InChI is InChI=1S/C14H14ClN7OS/c1-22-11(6-10(21-22)8-2-4-9(15)5-3-8)17-12(23)7-24-14-18-13(16)19-20-14/h2-6H,7H2,1H3,(H,17,23)(H3,16,18,19,20). The molecule has 124 valence electrons. The number of rotatable bonds is 5. The van der Waals surface area contributed by atoms with Crippen LogP contribution < -0.4 is 11.1 Å². The number of amides is 1. The summed E-state index contributed by atoms with van der Waals surface area (Å²) in [4.78, 5) is 16.0. The van der Waals surface area contributed by atoms with Crippen molar-refractivity contribution in [2.24, 2.45) is 7.05 Å². The first-order valence-corrected chi connectivity index (χ1v) is 8.28. The first-order chi connectivity index (χ1) is 11.5. The number of anilines is 2. The number of aromatic amines is 1. The maximum Gasteiger partial charge on any atom is 0.235 e. The third-order valence-electron chi connectivity index (χ3n) is 3.10. The summed E-state index contributed by atoms with van der Waals surface area (Å²) in [6.45, 7) is 0. The number of nitrogens with zero attached hydrogens (tertiary/aromatic N) is 4. The number of hydrogen-bond acceptors (Lipinski definition) is 6. The van der Waals surface area contributed by atoms with Crippen molar-refractivity contribution < 1.29 is 4.79 Å². The lowest BCUT2D eigenvalue weighted by atomic mass is 10.1. The molecule has 8 nitrogen and oxygen atoms in total. The average molecular weight is 364 g/mol. The zero-order valence-corrected chi connectivity index (χ0v) is 14.2. The van der Waals surface area contributed by atoms with Gasteiger partial charge in [0, 0.05) is 23.7 Å². The molecular formula is C14H14ClN7OS. The largest absolute Gasteiger partial charge is 0.368 e. The molecule has 0 saturated heterocycles. The van der Waals surface area contributed by atoms with Gasteiger partial charge in [-0.05, 0) is 12.1 Å². The van der Waals surface area contributed by atoms with Gasteiger partial charge < -0.3 is 11.1 Å². The molecular weight excluding hydrogens is 350 g/mol. The highest BCUT2D eigenvalue weighted by atomic mass is 35.5. The van der Waals surface area contributed by atoms with Crippen molar-refractivity contribution in [3.63, 3.8) is 0 Å². The number of carbonyl (C=O) groups excluding carboxylic acids is 1. The summed E-state index contributed by atoms with van der Waals surface area (Å²) >= 11 is 7.08. The van der Waals surface area contributed by atoms with Gasteiger partial charge in [0.25, 0.3) is 0 Å². The van der Waals surface area contributed by atoms with E-state index in [9.17, 15) is 4.79 Å². The Labute approximate surface area is 146 Å². The lowest BCUT2D eigenvalue weighted by Gasteiger charge is -2.03. The summed E-state index contributed by atoms with van der Waals surface area (Å²) in [5, 5.41) is 14.7. The van der Waals surface area contributed by atoms with Crippen LogP contribution in [0, 0.1) is 0 Å². The van der Waals surface area contributed by atoms with Crippen molar-refractivity contribution in [2.75, 3.05) is 16.8 Å². The molecule has 0 aliphatic rings. The maximum atomic E-state index is 12.0. The van der Waals surface area contributed by atoms with Crippen LogP contribution in [0.15, 0.2) is 35.5 Å². The molecule has 4 N–H and O–H groups in total. The molecule has 0 unspecified atom stereocenters. The highest BCUT2D eigenvalue weighted by Crippen LogP contribution is 2.23. The van der Waals surface area contributed by atoms with E-state index in [4.69, 9.17) is 17.3 Å². The highest BCUT2D eigenvalue weighted by molar-refractivity contribution is 7.99. The molecule has 0 spiro atoms. The van der Waals surface area contributed by atoms with Crippen LogP contribution in [0.1, 0.15) is 0 Å². The van der Waals surface area contributed by atoms with Gasteiger partial charge in [0.05, 0.1) is 11.4 Å². The van der Waals surface area contributed by atoms with Crippen LogP contribution in [-0.4, -0.2) is 36.6 Å². The number of thioether (sulfide) groups is 1. The molecule has 3 rings (SSSR count). The monoisotopic (exact) mass is 363 g/mol. The fraction of sp³-hybridized carbons (Fsp3) is 0.143. The van der Waals surface area contributed by atoms with E-state index in [0.717, 1.165) is 11.3 Å². The first-order valence-electron chi connectivity index (χ1n) is 6.92. The van der Waals surface area contributed by atoms with E-state index in [1.807, 2.05) is 12.1 Å². The second-order valence-electron chi connectivity index (χ2n) is 4.89. The van der Waals surface area contributed by atoms with Crippen LogP contribution in [0.2, 0.25) is 5.02 Å². The summed E-state index contributed by atoms with van der Waals surface area (Å²) in [5.41, 5.74) is 7.10. The number of H-pyrrole nitrogens is 1. The highest BCUT2D eigenvalue weighted by Gasteiger charge is 2.12. The second kappa shape index (κ2) is 6.93. The molecule has 0 bridgehead atoms. The Bertz CT molecular complexity index is 858. The SMILES string of the molecule is Cn1nc(-c2ccc(Cl)cc2)cc1NC(=O)CSc1n[nH]c(N)n1. The van der Waals surface area contributed by atoms with Crippen LogP contribution in [0.3, 0.4) is 0 Å². The molecule has 10 heteroatoms. The van der Waals surface area contributed by atoms with Gasteiger partial charge in [-0.15, -0.1) is 5.10 Å². The number of nitrogens with two attached hydrogens (primary N) is 1. The molecule has 0 atom stereocenters. The predicted octanol–water partition coefficient (Wildman–Crippen LogP) is 2.17. The molecule has 1 amide bonds. The van der Waals surface area contributed by atoms with Crippen molar-refractivity contribution in [2.45, 2.75) is 5.16 Å². The molecule has 0 fully saturated rings. The van der Waals surface area contributed by atoms with E-state index in [0.29, 0.717) is 16.0 Å². The van der Waals surface area contributed by atoms with Crippen molar-refractivity contribution in [1.29, 1.82) is 0 Å². The maximum absolute atomic E-state index is 12.0. The summed E-state index contributed by atoms with van der Waals surface area (Å²) in [6, 6.07) is 9.14. The number of aryl methyl sites for hydroxylation is 1. The van der Waals surface area contributed by atoms with Crippen LogP contribution >= 0.6 is 23.4 Å². The fourth-order valence-electron chi connectivity index (χ4n) is 1.98. The third-order valence-corrected chi connectivity index (χ3v) is 4.20. The van der Waals surface area contributed by atoms with Crippen LogP contribution in [-0.2, 0) is 11.8 Å². The molecule has 0 aliphatic carbocycles. The summed E-state index contributed by atoms with van der Waals surface area (Å²) in [6.07, 6.45) is 0.